The average Bonchev–Trinajstić information content (AvgIpc) is 2.82. The van der Waals surface area contributed by atoms with E-state index in [0.717, 1.165) is 32.5 Å². The minimum absolute atomic E-state index is 0.378. The Kier molecular flexibility index (Phi) is 3.06. The number of hydrogen-bond donors (Lipinski definition) is 1. The molecular weight excluding hydrogens is 176 g/mol. The molecule has 1 atom stereocenters. The fourth-order valence-electron chi connectivity index (χ4n) is 2.23. The predicted molar refractivity (Wildman–Crippen MR) is 56.0 cm³/mol. The summed E-state index contributed by atoms with van der Waals surface area (Å²) in [6, 6.07) is 0.464. The summed E-state index contributed by atoms with van der Waals surface area (Å²) in [5, 5.41) is 3.32. The highest BCUT2D eigenvalue weighted by Crippen LogP contribution is 2.33. The summed E-state index contributed by atoms with van der Waals surface area (Å²) in [4.78, 5) is 14.0. The second kappa shape index (κ2) is 4.30. The lowest BCUT2D eigenvalue weighted by Gasteiger charge is -2.27. The Morgan fingerprint density at radius 1 is 1.43 bits per heavy atom. The van der Waals surface area contributed by atoms with Crippen LogP contribution >= 0.6 is 0 Å². The van der Waals surface area contributed by atoms with Crippen molar-refractivity contribution in [2.75, 3.05) is 19.6 Å². The van der Waals surface area contributed by atoms with Crippen molar-refractivity contribution in [1.82, 2.24) is 10.2 Å². The van der Waals surface area contributed by atoms with Crippen LogP contribution in [0.1, 0.15) is 32.6 Å². The molecule has 1 heterocycles. The number of carbonyl (C=O) groups excluding carboxylic acids is 1. The van der Waals surface area contributed by atoms with Crippen molar-refractivity contribution in [3.63, 3.8) is 0 Å². The summed E-state index contributed by atoms with van der Waals surface area (Å²) in [5.41, 5.74) is 0. The van der Waals surface area contributed by atoms with Crippen molar-refractivity contribution in [3.8, 4) is 0 Å². The molecule has 3 nitrogen and oxygen atoms in total. The van der Waals surface area contributed by atoms with Gasteiger partial charge in [-0.3, -0.25) is 4.79 Å². The van der Waals surface area contributed by atoms with Crippen LogP contribution in [-0.2, 0) is 4.79 Å². The first-order valence-electron chi connectivity index (χ1n) is 5.81. The van der Waals surface area contributed by atoms with Crippen molar-refractivity contribution in [2.45, 2.75) is 38.6 Å². The molecule has 0 spiro atoms. The number of amides is 1. The molecule has 0 bridgehead atoms. The van der Waals surface area contributed by atoms with Gasteiger partial charge in [-0.2, -0.15) is 0 Å². The predicted octanol–water partition coefficient (Wildman–Crippen LogP) is 0.997. The van der Waals surface area contributed by atoms with Gasteiger partial charge in [-0.25, -0.2) is 0 Å². The van der Waals surface area contributed by atoms with Crippen LogP contribution in [0.25, 0.3) is 0 Å². The molecule has 1 N–H and O–H groups in total. The molecule has 0 aromatic carbocycles. The first-order chi connectivity index (χ1) is 6.81. The van der Waals surface area contributed by atoms with E-state index in [9.17, 15) is 4.79 Å². The van der Waals surface area contributed by atoms with Crippen molar-refractivity contribution in [3.05, 3.63) is 0 Å². The average molecular weight is 196 g/mol. The zero-order chi connectivity index (χ0) is 9.97. The number of rotatable bonds is 4. The number of nitrogens with zero attached hydrogens (tertiary/aromatic N) is 1. The fourth-order valence-corrected chi connectivity index (χ4v) is 2.23. The Bertz CT molecular complexity index is 207. The highest BCUT2D eigenvalue weighted by atomic mass is 16.2. The SMILES string of the molecule is CCN(C(=O)CC1CC1)C1CCNC1. The fraction of sp³-hybridized carbons (Fsp3) is 0.909. The van der Waals surface area contributed by atoms with Gasteiger partial charge in [-0.15, -0.1) is 0 Å². The van der Waals surface area contributed by atoms with E-state index in [2.05, 4.69) is 17.1 Å². The largest absolute Gasteiger partial charge is 0.339 e. The van der Waals surface area contributed by atoms with Gasteiger partial charge in [0.15, 0.2) is 0 Å². The number of likely N-dealkylation sites (N-methyl/N-ethyl adjacent to an activating group) is 1. The lowest BCUT2D eigenvalue weighted by Crippen LogP contribution is -2.41. The lowest BCUT2D eigenvalue weighted by atomic mass is 10.2. The Hall–Kier alpha value is -0.570. The number of carbonyl (C=O) groups is 1. The zero-order valence-corrected chi connectivity index (χ0v) is 8.96. The maximum absolute atomic E-state index is 11.9. The van der Waals surface area contributed by atoms with E-state index in [4.69, 9.17) is 0 Å². The van der Waals surface area contributed by atoms with E-state index in [0.29, 0.717) is 17.9 Å². The highest BCUT2D eigenvalue weighted by molar-refractivity contribution is 5.77. The molecule has 2 fully saturated rings. The van der Waals surface area contributed by atoms with Crippen LogP contribution < -0.4 is 5.32 Å². The summed E-state index contributed by atoms with van der Waals surface area (Å²) in [7, 11) is 0. The van der Waals surface area contributed by atoms with Crippen LogP contribution in [0.2, 0.25) is 0 Å². The Balaban J connectivity index is 1.85. The van der Waals surface area contributed by atoms with Gasteiger partial charge in [-0.1, -0.05) is 0 Å². The summed E-state index contributed by atoms with van der Waals surface area (Å²) in [6.45, 7) is 5.02. The molecule has 2 aliphatic rings. The second-order valence-corrected chi connectivity index (χ2v) is 4.47. The van der Waals surface area contributed by atoms with E-state index < -0.39 is 0 Å². The van der Waals surface area contributed by atoms with Crippen LogP contribution in [0.5, 0.6) is 0 Å². The topological polar surface area (TPSA) is 32.3 Å². The van der Waals surface area contributed by atoms with E-state index in [1.807, 2.05) is 0 Å². The molecule has 0 aromatic heterocycles. The zero-order valence-electron chi connectivity index (χ0n) is 8.96. The van der Waals surface area contributed by atoms with Gasteiger partial charge >= 0.3 is 0 Å². The summed E-state index contributed by atoms with van der Waals surface area (Å²) >= 11 is 0. The molecule has 0 aromatic rings. The van der Waals surface area contributed by atoms with Gasteiger partial charge in [0.2, 0.25) is 5.91 Å². The monoisotopic (exact) mass is 196 g/mol. The van der Waals surface area contributed by atoms with Gasteiger partial charge in [-0.05, 0) is 38.6 Å². The van der Waals surface area contributed by atoms with Crippen LogP contribution in [0.15, 0.2) is 0 Å². The third kappa shape index (κ3) is 2.27. The number of hydrogen-bond acceptors (Lipinski definition) is 2. The van der Waals surface area contributed by atoms with Crippen LogP contribution in [0.4, 0.5) is 0 Å². The summed E-state index contributed by atoms with van der Waals surface area (Å²) in [5.74, 6) is 1.09. The molecule has 1 saturated carbocycles. The molecule has 1 aliphatic heterocycles. The first kappa shape index (κ1) is 9.97. The third-order valence-electron chi connectivity index (χ3n) is 3.30. The Morgan fingerprint density at radius 3 is 2.71 bits per heavy atom. The number of nitrogens with one attached hydrogen (secondary N) is 1. The smallest absolute Gasteiger partial charge is 0.223 e. The van der Waals surface area contributed by atoms with Crippen LogP contribution in [0, 0.1) is 5.92 Å². The molecule has 0 radical (unpaired) electrons. The Morgan fingerprint density at radius 2 is 2.21 bits per heavy atom. The standard InChI is InChI=1S/C11H20N2O/c1-2-13(10-5-6-12-8-10)11(14)7-9-3-4-9/h9-10,12H,2-8H2,1H3. The maximum Gasteiger partial charge on any atom is 0.223 e. The van der Waals surface area contributed by atoms with E-state index >= 15 is 0 Å². The van der Waals surface area contributed by atoms with E-state index in [-0.39, 0.29) is 0 Å². The quantitative estimate of drug-likeness (QED) is 0.727. The third-order valence-corrected chi connectivity index (χ3v) is 3.30. The highest BCUT2D eigenvalue weighted by Gasteiger charge is 2.30. The molecule has 1 amide bonds. The lowest BCUT2D eigenvalue weighted by molar-refractivity contribution is -0.133. The van der Waals surface area contributed by atoms with Crippen molar-refractivity contribution < 1.29 is 4.79 Å². The van der Waals surface area contributed by atoms with Crippen molar-refractivity contribution >= 4 is 5.91 Å². The molecule has 80 valence electrons. The molecule has 1 saturated heterocycles. The summed E-state index contributed by atoms with van der Waals surface area (Å²) in [6.07, 6.45) is 4.47. The summed E-state index contributed by atoms with van der Waals surface area (Å²) < 4.78 is 0. The molecule has 14 heavy (non-hydrogen) atoms. The van der Waals surface area contributed by atoms with E-state index in [1.165, 1.54) is 12.8 Å². The van der Waals surface area contributed by atoms with Crippen LogP contribution in [0.3, 0.4) is 0 Å². The normalized spacial score (nSPS) is 26.5. The minimum Gasteiger partial charge on any atom is -0.339 e. The van der Waals surface area contributed by atoms with Gasteiger partial charge < -0.3 is 10.2 Å². The molecule has 1 unspecified atom stereocenters. The maximum atomic E-state index is 11.9. The molecule has 2 rings (SSSR count). The minimum atomic E-state index is 0.378. The molecule has 1 aliphatic carbocycles. The molecule has 3 heteroatoms. The molecular formula is C11H20N2O. The van der Waals surface area contributed by atoms with Gasteiger partial charge in [0.1, 0.15) is 0 Å². The second-order valence-electron chi connectivity index (χ2n) is 4.47. The van der Waals surface area contributed by atoms with Crippen molar-refractivity contribution in [2.24, 2.45) is 5.92 Å². The van der Waals surface area contributed by atoms with Gasteiger partial charge in [0.05, 0.1) is 0 Å². The Labute approximate surface area is 85.8 Å². The first-order valence-corrected chi connectivity index (χ1v) is 5.81. The van der Waals surface area contributed by atoms with Gasteiger partial charge in [0, 0.05) is 25.6 Å². The van der Waals surface area contributed by atoms with E-state index in [1.54, 1.807) is 0 Å². The van der Waals surface area contributed by atoms with Gasteiger partial charge in [0.25, 0.3) is 0 Å². The van der Waals surface area contributed by atoms with Crippen molar-refractivity contribution in [1.29, 1.82) is 0 Å². The van der Waals surface area contributed by atoms with Crippen LogP contribution in [-0.4, -0.2) is 36.5 Å².